The summed E-state index contributed by atoms with van der Waals surface area (Å²) in [5, 5.41) is 2.85. The number of aryl methyl sites for hydroxylation is 2. The lowest BCUT2D eigenvalue weighted by atomic mass is 9.98. The highest BCUT2D eigenvalue weighted by molar-refractivity contribution is 5.79. The van der Waals surface area contributed by atoms with Crippen LogP contribution in [0.2, 0.25) is 0 Å². The summed E-state index contributed by atoms with van der Waals surface area (Å²) in [5.74, 6) is 0.0904. The smallest absolute Gasteiger partial charge is 0.407 e. The third-order valence-electron chi connectivity index (χ3n) is 5.48. The Morgan fingerprint density at radius 2 is 1.53 bits per heavy atom. The molecule has 3 aromatic carbocycles. The highest BCUT2D eigenvalue weighted by Gasteiger charge is 2.28. The maximum atomic E-state index is 12.2. The summed E-state index contributed by atoms with van der Waals surface area (Å²) < 4.78 is 5.56. The van der Waals surface area contributed by atoms with E-state index < -0.39 is 0 Å². The Kier molecular flexibility index (Phi) is 5.99. The van der Waals surface area contributed by atoms with Crippen molar-refractivity contribution in [1.82, 2.24) is 5.32 Å². The fourth-order valence-corrected chi connectivity index (χ4v) is 4.23. The van der Waals surface area contributed by atoms with Crippen molar-refractivity contribution in [2.45, 2.75) is 26.2 Å². The number of fused-ring (bicyclic) bond motifs is 3. The second-order valence-corrected chi connectivity index (χ2v) is 7.86. The lowest BCUT2D eigenvalue weighted by Crippen LogP contribution is -2.26. The van der Waals surface area contributed by atoms with Gasteiger partial charge in [-0.2, -0.15) is 0 Å². The van der Waals surface area contributed by atoms with Crippen LogP contribution in [0, 0.1) is 13.8 Å². The van der Waals surface area contributed by atoms with Crippen molar-refractivity contribution in [2.75, 3.05) is 13.2 Å². The number of rotatable bonds is 6. The number of amides is 1. The van der Waals surface area contributed by atoms with Gasteiger partial charge in [0.15, 0.2) is 0 Å². The van der Waals surface area contributed by atoms with E-state index in [1.54, 1.807) is 0 Å². The van der Waals surface area contributed by atoms with Crippen molar-refractivity contribution in [3.8, 4) is 11.1 Å². The summed E-state index contributed by atoms with van der Waals surface area (Å²) in [6.07, 6.45) is 4.57. The van der Waals surface area contributed by atoms with Gasteiger partial charge in [0.25, 0.3) is 0 Å². The topological polar surface area (TPSA) is 38.3 Å². The van der Waals surface area contributed by atoms with Crippen LogP contribution in [-0.4, -0.2) is 19.2 Å². The van der Waals surface area contributed by atoms with E-state index in [2.05, 4.69) is 85.9 Å². The van der Waals surface area contributed by atoms with E-state index in [0.29, 0.717) is 13.2 Å². The molecule has 152 valence electrons. The molecule has 0 bridgehead atoms. The van der Waals surface area contributed by atoms with Gasteiger partial charge in [-0.25, -0.2) is 4.79 Å². The van der Waals surface area contributed by atoms with Crippen molar-refractivity contribution in [2.24, 2.45) is 0 Å². The molecule has 0 atom stereocenters. The number of alkyl carbamates (subject to hydrolysis) is 1. The molecule has 30 heavy (non-hydrogen) atoms. The number of nitrogens with one attached hydrogen (secondary N) is 1. The Hall–Kier alpha value is -3.33. The Labute approximate surface area is 178 Å². The molecule has 3 heteroatoms. The van der Waals surface area contributed by atoms with Gasteiger partial charge in [0.2, 0.25) is 0 Å². The second-order valence-electron chi connectivity index (χ2n) is 7.86. The quantitative estimate of drug-likeness (QED) is 0.500. The Morgan fingerprint density at radius 1 is 0.933 bits per heavy atom. The van der Waals surface area contributed by atoms with Gasteiger partial charge in [-0.1, -0.05) is 90.0 Å². The van der Waals surface area contributed by atoms with Crippen LogP contribution >= 0.6 is 0 Å². The van der Waals surface area contributed by atoms with Gasteiger partial charge in [-0.05, 0) is 48.1 Å². The first-order chi connectivity index (χ1) is 14.6. The third kappa shape index (κ3) is 4.46. The summed E-state index contributed by atoms with van der Waals surface area (Å²) in [6, 6.07) is 23.2. The lowest BCUT2D eigenvalue weighted by molar-refractivity contribution is 0.143. The number of ether oxygens (including phenoxy) is 1. The molecule has 0 aromatic heterocycles. The van der Waals surface area contributed by atoms with E-state index in [4.69, 9.17) is 4.74 Å². The molecule has 1 aliphatic rings. The van der Waals surface area contributed by atoms with Gasteiger partial charge >= 0.3 is 6.09 Å². The SMILES string of the molecule is Cc1cc(C)cc(C=CCCNC(=O)OCC2c3ccccc3-c3ccccc32)c1. The average molecular weight is 398 g/mol. The molecular formula is C27H27NO2. The number of hydrogen-bond acceptors (Lipinski definition) is 2. The molecule has 0 saturated heterocycles. The summed E-state index contributed by atoms with van der Waals surface area (Å²) in [6.45, 7) is 5.10. The molecule has 1 amide bonds. The van der Waals surface area contributed by atoms with Crippen LogP contribution in [0.3, 0.4) is 0 Å². The summed E-state index contributed by atoms with van der Waals surface area (Å²) in [7, 11) is 0. The molecule has 0 unspecified atom stereocenters. The molecule has 0 heterocycles. The monoisotopic (exact) mass is 397 g/mol. The maximum absolute atomic E-state index is 12.2. The Balaban J connectivity index is 1.28. The minimum Gasteiger partial charge on any atom is -0.449 e. The van der Waals surface area contributed by atoms with Crippen LogP contribution in [0.1, 0.15) is 40.2 Å². The molecule has 0 spiro atoms. The van der Waals surface area contributed by atoms with E-state index in [0.717, 1.165) is 6.42 Å². The van der Waals surface area contributed by atoms with Crippen molar-refractivity contribution in [3.63, 3.8) is 0 Å². The van der Waals surface area contributed by atoms with Gasteiger partial charge in [0.1, 0.15) is 6.61 Å². The molecule has 0 aliphatic heterocycles. The molecule has 0 radical (unpaired) electrons. The molecule has 4 rings (SSSR count). The Morgan fingerprint density at radius 3 is 2.17 bits per heavy atom. The Bertz CT molecular complexity index is 1020. The zero-order valence-corrected chi connectivity index (χ0v) is 17.5. The fraction of sp³-hybridized carbons (Fsp3) is 0.222. The average Bonchev–Trinajstić information content (AvgIpc) is 3.05. The van der Waals surface area contributed by atoms with Crippen molar-refractivity contribution >= 4 is 12.2 Å². The minimum atomic E-state index is -0.364. The molecule has 3 nitrogen and oxygen atoms in total. The predicted octanol–water partition coefficient (Wildman–Crippen LogP) is 6.25. The summed E-state index contributed by atoms with van der Waals surface area (Å²) >= 11 is 0. The molecule has 1 aliphatic carbocycles. The number of carbonyl (C=O) groups is 1. The molecule has 0 fully saturated rings. The van der Waals surface area contributed by atoms with E-state index in [-0.39, 0.29) is 12.0 Å². The number of hydrogen-bond donors (Lipinski definition) is 1. The van der Waals surface area contributed by atoms with Crippen LogP contribution in [0.4, 0.5) is 4.79 Å². The zero-order valence-electron chi connectivity index (χ0n) is 17.5. The molecular weight excluding hydrogens is 370 g/mol. The second kappa shape index (κ2) is 9.00. The zero-order chi connectivity index (χ0) is 20.9. The van der Waals surface area contributed by atoms with Crippen LogP contribution in [-0.2, 0) is 4.74 Å². The first kappa shape index (κ1) is 20.0. The highest BCUT2D eigenvalue weighted by atomic mass is 16.5. The fourth-order valence-electron chi connectivity index (χ4n) is 4.23. The van der Waals surface area contributed by atoms with E-state index in [1.165, 1.54) is 38.9 Å². The van der Waals surface area contributed by atoms with Crippen molar-refractivity contribution < 1.29 is 9.53 Å². The van der Waals surface area contributed by atoms with Gasteiger partial charge < -0.3 is 10.1 Å². The first-order valence-electron chi connectivity index (χ1n) is 10.5. The molecule has 1 N–H and O–H groups in total. The highest BCUT2D eigenvalue weighted by Crippen LogP contribution is 2.44. The van der Waals surface area contributed by atoms with Gasteiger partial charge in [0, 0.05) is 12.5 Å². The predicted molar refractivity (Wildman–Crippen MR) is 123 cm³/mol. The summed E-state index contributed by atoms with van der Waals surface area (Å²) in [4.78, 5) is 12.2. The maximum Gasteiger partial charge on any atom is 0.407 e. The largest absolute Gasteiger partial charge is 0.449 e. The molecule has 0 saturated carbocycles. The normalized spacial score (nSPS) is 12.6. The van der Waals surface area contributed by atoms with Crippen LogP contribution in [0.25, 0.3) is 17.2 Å². The van der Waals surface area contributed by atoms with Crippen LogP contribution in [0.15, 0.2) is 72.8 Å². The molecule has 3 aromatic rings. The van der Waals surface area contributed by atoms with Gasteiger partial charge in [-0.3, -0.25) is 0 Å². The first-order valence-corrected chi connectivity index (χ1v) is 10.5. The van der Waals surface area contributed by atoms with Crippen LogP contribution in [0.5, 0.6) is 0 Å². The van der Waals surface area contributed by atoms with Gasteiger partial charge in [-0.15, -0.1) is 0 Å². The number of benzene rings is 3. The third-order valence-corrected chi connectivity index (χ3v) is 5.48. The standard InChI is InChI=1S/C27H27NO2/c1-19-15-20(2)17-21(16-19)9-7-8-14-28-27(29)30-18-26-24-12-5-3-10-22(24)23-11-4-6-13-25(23)26/h3-7,9-13,15-17,26H,8,14,18H2,1-2H3,(H,28,29). The minimum absolute atomic E-state index is 0.0904. The number of carbonyl (C=O) groups excluding carboxylic acids is 1. The van der Waals surface area contributed by atoms with Crippen molar-refractivity contribution in [1.29, 1.82) is 0 Å². The van der Waals surface area contributed by atoms with E-state index >= 15 is 0 Å². The summed E-state index contributed by atoms with van der Waals surface area (Å²) in [5.41, 5.74) is 8.62. The van der Waals surface area contributed by atoms with Gasteiger partial charge in [0.05, 0.1) is 0 Å². The van der Waals surface area contributed by atoms with E-state index in [9.17, 15) is 4.79 Å². The van der Waals surface area contributed by atoms with E-state index in [1.807, 2.05) is 12.1 Å². The lowest BCUT2D eigenvalue weighted by Gasteiger charge is -2.14. The van der Waals surface area contributed by atoms with Crippen molar-refractivity contribution in [3.05, 3.63) is 101 Å². The van der Waals surface area contributed by atoms with Crippen LogP contribution < -0.4 is 5.32 Å².